The predicted octanol–water partition coefficient (Wildman–Crippen LogP) is 3.46. The van der Waals surface area contributed by atoms with Crippen molar-refractivity contribution in [3.8, 4) is 0 Å². The Morgan fingerprint density at radius 2 is 2.18 bits per heavy atom. The van der Waals surface area contributed by atoms with Crippen molar-refractivity contribution in [1.29, 1.82) is 0 Å². The first-order valence-corrected chi connectivity index (χ1v) is 6.54. The summed E-state index contributed by atoms with van der Waals surface area (Å²) in [5.74, 6) is 0.179. The second kappa shape index (κ2) is 4.77. The van der Waals surface area contributed by atoms with E-state index in [1.54, 1.807) is 0 Å². The topological polar surface area (TPSA) is 20.3 Å². The Balaban J connectivity index is 2.25. The van der Waals surface area contributed by atoms with E-state index < -0.39 is 0 Å². The van der Waals surface area contributed by atoms with E-state index in [1.165, 1.54) is 18.2 Å². The summed E-state index contributed by atoms with van der Waals surface area (Å²) in [6, 6.07) is 4.45. The van der Waals surface area contributed by atoms with Crippen LogP contribution in [0.1, 0.15) is 30.6 Å². The number of hydrogen-bond donors (Lipinski definition) is 0. The minimum atomic E-state index is -0.337. The summed E-state index contributed by atoms with van der Waals surface area (Å²) >= 11 is 3.24. The number of hydrogen-bond acceptors (Lipinski definition) is 1. The minimum absolute atomic E-state index is 0.0197. The number of amides is 1. The standard InChI is InChI=1S/C13H15BrFNO/c1-8-5-9(2)16(7-8)13(17)11-4-3-10(15)6-12(11)14/h3-4,6,8-9H,5,7H2,1-2H3. The SMILES string of the molecule is CC1CC(C)N(C(=O)c2ccc(F)cc2Br)C1. The van der Waals surface area contributed by atoms with E-state index in [2.05, 4.69) is 29.8 Å². The molecule has 0 aromatic heterocycles. The maximum absolute atomic E-state index is 13.0. The summed E-state index contributed by atoms with van der Waals surface area (Å²) in [6.45, 7) is 4.98. The molecule has 0 aliphatic carbocycles. The fourth-order valence-electron chi connectivity index (χ4n) is 2.40. The van der Waals surface area contributed by atoms with Crippen molar-refractivity contribution in [2.45, 2.75) is 26.3 Å². The van der Waals surface area contributed by atoms with Crippen LogP contribution in [-0.4, -0.2) is 23.4 Å². The van der Waals surface area contributed by atoms with Gasteiger partial charge < -0.3 is 4.90 Å². The normalized spacial score (nSPS) is 24.1. The molecule has 1 aromatic carbocycles. The molecule has 0 spiro atoms. The highest BCUT2D eigenvalue weighted by Crippen LogP contribution is 2.27. The van der Waals surface area contributed by atoms with E-state index in [9.17, 15) is 9.18 Å². The lowest BCUT2D eigenvalue weighted by molar-refractivity contribution is 0.0743. The monoisotopic (exact) mass is 299 g/mol. The third-order valence-corrected chi connectivity index (χ3v) is 3.86. The van der Waals surface area contributed by atoms with Gasteiger partial charge in [-0.2, -0.15) is 0 Å². The summed E-state index contributed by atoms with van der Waals surface area (Å²) in [4.78, 5) is 14.2. The van der Waals surface area contributed by atoms with Crippen molar-refractivity contribution in [1.82, 2.24) is 4.90 Å². The first kappa shape index (κ1) is 12.6. The molecule has 2 rings (SSSR count). The first-order chi connectivity index (χ1) is 7.99. The molecule has 1 fully saturated rings. The molecular weight excluding hydrogens is 285 g/mol. The van der Waals surface area contributed by atoms with Gasteiger partial charge in [-0.15, -0.1) is 0 Å². The highest BCUT2D eigenvalue weighted by Gasteiger charge is 2.31. The summed E-state index contributed by atoms with van der Waals surface area (Å²) in [6.07, 6.45) is 1.03. The van der Waals surface area contributed by atoms with Crippen molar-refractivity contribution in [2.24, 2.45) is 5.92 Å². The van der Waals surface area contributed by atoms with Gasteiger partial charge in [0.25, 0.3) is 5.91 Å². The number of likely N-dealkylation sites (tertiary alicyclic amines) is 1. The van der Waals surface area contributed by atoms with Gasteiger partial charge in [-0.1, -0.05) is 6.92 Å². The molecule has 0 saturated carbocycles. The van der Waals surface area contributed by atoms with Crippen LogP contribution in [0.15, 0.2) is 22.7 Å². The van der Waals surface area contributed by atoms with Crippen molar-refractivity contribution in [2.75, 3.05) is 6.54 Å². The van der Waals surface area contributed by atoms with Crippen LogP contribution in [0.5, 0.6) is 0 Å². The zero-order valence-corrected chi connectivity index (χ0v) is 11.5. The number of nitrogens with zero attached hydrogens (tertiary/aromatic N) is 1. The van der Waals surface area contributed by atoms with Gasteiger partial charge in [-0.3, -0.25) is 4.79 Å². The third-order valence-electron chi connectivity index (χ3n) is 3.21. The van der Waals surface area contributed by atoms with Crippen LogP contribution >= 0.6 is 15.9 Å². The van der Waals surface area contributed by atoms with Crippen molar-refractivity contribution in [3.63, 3.8) is 0 Å². The highest BCUT2D eigenvalue weighted by molar-refractivity contribution is 9.10. The van der Waals surface area contributed by atoms with Crippen LogP contribution < -0.4 is 0 Å². The molecule has 4 heteroatoms. The summed E-state index contributed by atoms with van der Waals surface area (Å²) in [5.41, 5.74) is 0.535. The molecule has 2 unspecified atom stereocenters. The molecule has 0 bridgehead atoms. The van der Waals surface area contributed by atoms with Gasteiger partial charge in [0, 0.05) is 17.1 Å². The Morgan fingerprint density at radius 1 is 1.47 bits per heavy atom. The first-order valence-electron chi connectivity index (χ1n) is 5.75. The lowest BCUT2D eigenvalue weighted by Crippen LogP contribution is -2.34. The Bertz CT molecular complexity index is 449. The largest absolute Gasteiger partial charge is 0.336 e. The molecule has 17 heavy (non-hydrogen) atoms. The van der Waals surface area contributed by atoms with Crippen LogP contribution in [0, 0.1) is 11.7 Å². The molecule has 0 N–H and O–H groups in total. The van der Waals surface area contributed by atoms with Gasteiger partial charge in [0.15, 0.2) is 0 Å². The molecule has 0 radical (unpaired) electrons. The number of carbonyl (C=O) groups excluding carboxylic acids is 1. The van der Waals surface area contributed by atoms with Crippen LogP contribution in [0.4, 0.5) is 4.39 Å². The van der Waals surface area contributed by atoms with Crippen LogP contribution in [-0.2, 0) is 0 Å². The predicted molar refractivity (Wildman–Crippen MR) is 68.4 cm³/mol. The fraction of sp³-hybridized carbons (Fsp3) is 0.462. The molecule has 1 aliphatic rings. The third kappa shape index (κ3) is 2.51. The van der Waals surface area contributed by atoms with Gasteiger partial charge in [0.05, 0.1) is 5.56 Å². The second-order valence-corrected chi connectivity index (χ2v) is 5.63. The maximum Gasteiger partial charge on any atom is 0.255 e. The van der Waals surface area contributed by atoms with Crippen LogP contribution in [0.25, 0.3) is 0 Å². The van der Waals surface area contributed by atoms with E-state index in [0.29, 0.717) is 16.0 Å². The van der Waals surface area contributed by atoms with Gasteiger partial charge in [-0.25, -0.2) is 4.39 Å². The van der Waals surface area contributed by atoms with E-state index in [4.69, 9.17) is 0 Å². The van der Waals surface area contributed by atoms with E-state index in [0.717, 1.165) is 13.0 Å². The average Bonchev–Trinajstić information content (AvgIpc) is 2.57. The van der Waals surface area contributed by atoms with E-state index in [-0.39, 0.29) is 17.8 Å². The molecule has 1 aliphatic heterocycles. The lowest BCUT2D eigenvalue weighted by atomic mass is 10.1. The highest BCUT2D eigenvalue weighted by atomic mass is 79.9. The minimum Gasteiger partial charge on any atom is -0.336 e. The van der Waals surface area contributed by atoms with Crippen molar-refractivity contribution in [3.05, 3.63) is 34.1 Å². The molecule has 1 amide bonds. The van der Waals surface area contributed by atoms with Gasteiger partial charge >= 0.3 is 0 Å². The smallest absolute Gasteiger partial charge is 0.255 e. The number of halogens is 2. The Kier molecular flexibility index (Phi) is 3.52. The Morgan fingerprint density at radius 3 is 2.71 bits per heavy atom. The maximum atomic E-state index is 13.0. The molecule has 2 nitrogen and oxygen atoms in total. The van der Waals surface area contributed by atoms with E-state index in [1.807, 2.05) is 4.90 Å². The number of rotatable bonds is 1. The van der Waals surface area contributed by atoms with E-state index >= 15 is 0 Å². The van der Waals surface area contributed by atoms with Gasteiger partial charge in [0.2, 0.25) is 0 Å². The summed E-state index contributed by atoms with van der Waals surface area (Å²) in [7, 11) is 0. The second-order valence-electron chi connectivity index (χ2n) is 4.77. The van der Waals surface area contributed by atoms with Crippen molar-refractivity contribution < 1.29 is 9.18 Å². The molecule has 1 aromatic rings. The van der Waals surface area contributed by atoms with Crippen molar-refractivity contribution >= 4 is 21.8 Å². The zero-order valence-electron chi connectivity index (χ0n) is 9.91. The number of carbonyl (C=O) groups is 1. The molecule has 1 heterocycles. The van der Waals surface area contributed by atoms with Crippen LogP contribution in [0.2, 0.25) is 0 Å². The molecule has 1 saturated heterocycles. The Labute approximate surface area is 109 Å². The Hall–Kier alpha value is -0.900. The van der Waals surface area contributed by atoms with Gasteiger partial charge in [0.1, 0.15) is 5.82 Å². The zero-order chi connectivity index (χ0) is 12.6. The average molecular weight is 300 g/mol. The van der Waals surface area contributed by atoms with Crippen LogP contribution in [0.3, 0.4) is 0 Å². The fourth-order valence-corrected chi connectivity index (χ4v) is 2.92. The number of benzene rings is 1. The molecule has 92 valence electrons. The lowest BCUT2D eigenvalue weighted by Gasteiger charge is -2.22. The molecular formula is C13H15BrFNO. The quantitative estimate of drug-likeness (QED) is 0.778. The summed E-state index contributed by atoms with van der Waals surface area (Å²) in [5, 5.41) is 0. The van der Waals surface area contributed by atoms with Gasteiger partial charge in [-0.05, 0) is 53.4 Å². The summed E-state index contributed by atoms with van der Waals surface area (Å²) < 4.78 is 13.5. The molecule has 2 atom stereocenters.